The van der Waals surface area contributed by atoms with Crippen molar-refractivity contribution in [1.29, 1.82) is 0 Å². The minimum Gasteiger partial charge on any atom is -0.444 e. The number of nitrogens with one attached hydrogen (secondary N) is 1. The number of oxazole rings is 1. The van der Waals surface area contributed by atoms with Gasteiger partial charge in [0.15, 0.2) is 0 Å². The van der Waals surface area contributed by atoms with Gasteiger partial charge in [0.05, 0.1) is 11.9 Å². The fourth-order valence-electron chi connectivity index (χ4n) is 2.05. The lowest BCUT2D eigenvalue weighted by Gasteiger charge is -2.13. The van der Waals surface area contributed by atoms with Gasteiger partial charge in [0.2, 0.25) is 5.89 Å². The third-order valence-corrected chi connectivity index (χ3v) is 4.65. The lowest BCUT2D eigenvalue weighted by atomic mass is 9.94. The van der Waals surface area contributed by atoms with Crippen molar-refractivity contribution in [3.05, 3.63) is 52.8 Å². The normalized spacial score (nSPS) is 13.2. The van der Waals surface area contributed by atoms with E-state index < -0.39 is 0 Å². The fraction of sp³-hybridized carbons (Fsp3) is 0.450. The summed E-state index contributed by atoms with van der Waals surface area (Å²) >= 11 is 1.66. The second-order valence-electron chi connectivity index (χ2n) is 7.14. The number of aromatic nitrogens is 2. The molecule has 2 heterocycles. The number of nitrogens with zero attached hydrogens (tertiary/aromatic N) is 3. The molecule has 0 saturated carbocycles. The van der Waals surface area contributed by atoms with Crippen molar-refractivity contribution in [2.24, 2.45) is 4.99 Å². The second kappa shape index (κ2) is 9.03. The molecular weight excluding hydrogens is 344 g/mol. The smallest absolute Gasteiger partial charge is 0.204 e. The van der Waals surface area contributed by atoms with Crippen LogP contribution in [-0.4, -0.2) is 15.8 Å². The summed E-state index contributed by atoms with van der Waals surface area (Å²) in [6, 6.07) is 4.04. The summed E-state index contributed by atoms with van der Waals surface area (Å²) in [5.41, 5.74) is 1.20. The summed E-state index contributed by atoms with van der Waals surface area (Å²) in [6.45, 7) is 12.4. The number of amidine groups is 1. The van der Waals surface area contributed by atoms with E-state index in [1.165, 1.54) is 5.56 Å². The zero-order chi connectivity index (χ0) is 19.2. The predicted molar refractivity (Wildman–Crippen MR) is 111 cm³/mol. The van der Waals surface area contributed by atoms with Gasteiger partial charge < -0.3 is 9.73 Å². The van der Waals surface area contributed by atoms with Gasteiger partial charge in [-0.3, -0.25) is 0 Å². The molecule has 0 spiro atoms. The number of thioether (sulfide) groups is 1. The molecule has 1 N–H and O–H groups in total. The molecule has 0 aliphatic rings. The van der Waals surface area contributed by atoms with Crippen LogP contribution in [-0.2, 0) is 17.6 Å². The maximum absolute atomic E-state index is 5.81. The molecule has 0 aliphatic heterocycles. The lowest BCUT2D eigenvalue weighted by Crippen LogP contribution is -2.09. The number of allylic oxidation sites excluding steroid dienone is 1. The highest BCUT2D eigenvalue weighted by atomic mass is 32.2. The Labute approximate surface area is 160 Å². The largest absolute Gasteiger partial charge is 0.444 e. The maximum atomic E-state index is 5.81. The molecule has 5 nitrogen and oxygen atoms in total. The first-order chi connectivity index (χ1) is 12.3. The van der Waals surface area contributed by atoms with Gasteiger partial charge in [0.1, 0.15) is 17.4 Å². The van der Waals surface area contributed by atoms with Crippen molar-refractivity contribution < 1.29 is 4.42 Å². The van der Waals surface area contributed by atoms with Crippen LogP contribution in [0, 0.1) is 0 Å². The van der Waals surface area contributed by atoms with Crippen molar-refractivity contribution >= 4 is 23.4 Å². The van der Waals surface area contributed by atoms with Gasteiger partial charge in [0.25, 0.3) is 0 Å². The van der Waals surface area contributed by atoms with Gasteiger partial charge in [-0.25, -0.2) is 15.0 Å². The monoisotopic (exact) mass is 372 g/mol. The van der Waals surface area contributed by atoms with Crippen molar-refractivity contribution in [3.8, 4) is 0 Å². The SMILES string of the molecule is CCc1ccc(NC(C)=N/C=C(\C)SCc2ncc(C(C)(C)C)o2)nc1. The van der Waals surface area contributed by atoms with E-state index in [0.717, 1.165) is 34.6 Å². The number of aliphatic imine (C=N–C) groups is 1. The zero-order valence-electron chi connectivity index (χ0n) is 16.5. The molecule has 0 amide bonds. The predicted octanol–water partition coefficient (Wildman–Crippen LogP) is 5.55. The van der Waals surface area contributed by atoms with Crippen LogP contribution in [0.2, 0.25) is 0 Å². The highest BCUT2D eigenvalue weighted by Gasteiger charge is 2.19. The van der Waals surface area contributed by atoms with Crippen LogP contribution < -0.4 is 5.32 Å². The second-order valence-corrected chi connectivity index (χ2v) is 8.36. The van der Waals surface area contributed by atoms with Crippen molar-refractivity contribution in [3.63, 3.8) is 0 Å². The summed E-state index contributed by atoms with van der Waals surface area (Å²) < 4.78 is 5.81. The summed E-state index contributed by atoms with van der Waals surface area (Å²) in [5, 5.41) is 3.20. The van der Waals surface area contributed by atoms with Crippen molar-refractivity contribution in [2.75, 3.05) is 5.32 Å². The average molecular weight is 373 g/mol. The molecule has 6 heteroatoms. The van der Waals surface area contributed by atoms with Crippen LogP contribution in [0.4, 0.5) is 5.82 Å². The lowest BCUT2D eigenvalue weighted by molar-refractivity contribution is 0.391. The first kappa shape index (κ1) is 20.2. The van der Waals surface area contributed by atoms with Crippen molar-refractivity contribution in [1.82, 2.24) is 9.97 Å². The van der Waals surface area contributed by atoms with Crippen LogP contribution in [0.3, 0.4) is 0 Å². The molecule has 0 aliphatic carbocycles. The van der Waals surface area contributed by atoms with Gasteiger partial charge in [-0.2, -0.15) is 0 Å². The van der Waals surface area contributed by atoms with Gasteiger partial charge in [0, 0.05) is 22.7 Å². The Morgan fingerprint density at radius 2 is 2.00 bits per heavy atom. The molecular formula is C20H28N4OS. The van der Waals surface area contributed by atoms with Gasteiger partial charge in [-0.1, -0.05) is 33.8 Å². The van der Waals surface area contributed by atoms with E-state index in [0.29, 0.717) is 5.75 Å². The number of hydrogen-bond acceptors (Lipinski definition) is 5. The summed E-state index contributed by atoms with van der Waals surface area (Å²) in [5.74, 6) is 3.95. The van der Waals surface area contributed by atoms with E-state index in [-0.39, 0.29) is 5.41 Å². The van der Waals surface area contributed by atoms with E-state index in [4.69, 9.17) is 4.42 Å². The molecule has 140 valence electrons. The Balaban J connectivity index is 1.87. The Morgan fingerprint density at radius 3 is 2.58 bits per heavy atom. The number of hydrogen-bond donors (Lipinski definition) is 1. The summed E-state index contributed by atoms with van der Waals surface area (Å²) in [7, 11) is 0. The molecule has 26 heavy (non-hydrogen) atoms. The van der Waals surface area contributed by atoms with Crippen LogP contribution in [0.25, 0.3) is 0 Å². The van der Waals surface area contributed by atoms with E-state index in [1.54, 1.807) is 11.8 Å². The van der Waals surface area contributed by atoms with E-state index in [9.17, 15) is 0 Å². The standard InChI is InChI=1S/C20H28N4OS/c1-7-16-8-9-18(22-11-16)24-15(3)21-10-14(2)26-13-19-23-12-17(25-19)20(4,5)6/h8-12H,7,13H2,1-6H3,(H,21,22,24)/b14-10+. The minimum atomic E-state index is -0.0166. The number of aryl methyl sites for hydroxylation is 1. The van der Waals surface area contributed by atoms with Gasteiger partial charge in [-0.05, 0) is 31.9 Å². The first-order valence-electron chi connectivity index (χ1n) is 8.79. The average Bonchev–Trinajstić information content (AvgIpc) is 3.08. The Hall–Kier alpha value is -2.08. The molecule has 2 aromatic rings. The molecule has 0 fully saturated rings. The van der Waals surface area contributed by atoms with E-state index in [2.05, 4.69) is 54.0 Å². The number of anilines is 1. The summed E-state index contributed by atoms with van der Waals surface area (Å²) in [4.78, 5) is 14.3. The van der Waals surface area contributed by atoms with Crippen molar-refractivity contribution in [2.45, 2.75) is 59.1 Å². The van der Waals surface area contributed by atoms with E-state index >= 15 is 0 Å². The third-order valence-electron chi connectivity index (χ3n) is 3.70. The Bertz CT molecular complexity index is 770. The summed E-state index contributed by atoms with van der Waals surface area (Å²) in [6.07, 6.45) is 6.54. The molecule has 0 atom stereocenters. The molecule has 2 rings (SSSR count). The first-order valence-corrected chi connectivity index (χ1v) is 9.77. The van der Waals surface area contributed by atoms with Crippen LogP contribution in [0.15, 0.2) is 45.0 Å². The number of pyridine rings is 1. The highest BCUT2D eigenvalue weighted by Crippen LogP contribution is 2.26. The molecule has 0 radical (unpaired) electrons. The molecule has 2 aromatic heterocycles. The van der Waals surface area contributed by atoms with Crippen LogP contribution in [0.1, 0.15) is 58.8 Å². The highest BCUT2D eigenvalue weighted by molar-refractivity contribution is 8.02. The molecule has 0 unspecified atom stereocenters. The molecule has 0 bridgehead atoms. The maximum Gasteiger partial charge on any atom is 0.204 e. The molecule has 0 saturated heterocycles. The zero-order valence-corrected chi connectivity index (χ0v) is 17.3. The Morgan fingerprint density at radius 1 is 1.23 bits per heavy atom. The number of rotatable bonds is 6. The van der Waals surface area contributed by atoms with Crippen LogP contribution in [0.5, 0.6) is 0 Å². The Kier molecular flexibility index (Phi) is 7.03. The van der Waals surface area contributed by atoms with Crippen LogP contribution >= 0.6 is 11.8 Å². The van der Waals surface area contributed by atoms with E-state index in [1.807, 2.05) is 38.5 Å². The van der Waals surface area contributed by atoms with Gasteiger partial charge >= 0.3 is 0 Å². The molecule has 0 aromatic carbocycles. The topological polar surface area (TPSA) is 63.3 Å². The van der Waals surface area contributed by atoms with Gasteiger partial charge in [-0.15, -0.1) is 11.8 Å². The fourth-order valence-corrected chi connectivity index (χ4v) is 2.66. The quantitative estimate of drug-likeness (QED) is 0.532. The minimum absolute atomic E-state index is 0.0166. The third kappa shape index (κ3) is 6.33.